The Bertz CT molecular complexity index is 852. The summed E-state index contributed by atoms with van der Waals surface area (Å²) in [6.45, 7) is 2.20. The van der Waals surface area contributed by atoms with E-state index in [0.29, 0.717) is 12.2 Å². The Balaban J connectivity index is 0.00000420. The molecule has 0 bridgehead atoms. The minimum atomic E-state index is -4.34. The fourth-order valence-corrected chi connectivity index (χ4v) is 3.69. The summed E-state index contributed by atoms with van der Waals surface area (Å²) < 4.78 is 38.3. The third-order valence-corrected chi connectivity index (χ3v) is 5.43. The molecule has 0 saturated heterocycles. The predicted octanol–water partition coefficient (Wildman–Crippen LogP) is 2.49. The van der Waals surface area contributed by atoms with Gasteiger partial charge in [0.15, 0.2) is 0 Å². The molecule has 0 aliphatic heterocycles. The molecule has 0 amide bonds. The van der Waals surface area contributed by atoms with E-state index in [1.54, 1.807) is 18.2 Å². The zero-order valence-electron chi connectivity index (χ0n) is 17.4. The molecule has 0 fully saturated rings. The van der Waals surface area contributed by atoms with Gasteiger partial charge in [-0.15, -0.1) is 5.75 Å². The van der Waals surface area contributed by atoms with Crippen LogP contribution < -0.4 is 39.4 Å². The van der Waals surface area contributed by atoms with Crippen molar-refractivity contribution in [3.8, 4) is 17.2 Å². The smallest absolute Gasteiger partial charge is 0.872 e. The maximum atomic E-state index is 11.6. The minimum absolute atomic E-state index is 0. The van der Waals surface area contributed by atoms with Crippen molar-refractivity contribution in [2.24, 2.45) is 0 Å². The van der Waals surface area contributed by atoms with Gasteiger partial charge in [-0.05, 0) is 42.7 Å². The average molecular weight is 429 g/mol. The second kappa shape index (κ2) is 13.3. The summed E-state index contributed by atoms with van der Waals surface area (Å²) in [5.41, 5.74) is 0.786. The molecule has 29 heavy (non-hydrogen) atoms. The Hall–Kier alpha value is -1.05. The van der Waals surface area contributed by atoms with Crippen molar-refractivity contribution in [3.63, 3.8) is 0 Å². The van der Waals surface area contributed by atoms with Crippen molar-refractivity contribution in [1.82, 2.24) is 0 Å². The van der Waals surface area contributed by atoms with E-state index < -0.39 is 10.1 Å². The van der Waals surface area contributed by atoms with Crippen LogP contribution in [0.4, 0.5) is 0 Å². The van der Waals surface area contributed by atoms with Crippen molar-refractivity contribution in [1.29, 1.82) is 0 Å². The van der Waals surface area contributed by atoms with Gasteiger partial charge in [0.05, 0.1) is 4.90 Å². The molecule has 0 spiro atoms. The molecule has 0 radical (unpaired) electrons. The summed E-state index contributed by atoms with van der Waals surface area (Å²) >= 11 is 0. The first kappa shape index (κ1) is 26.0. The molecule has 154 valence electrons. The van der Waals surface area contributed by atoms with Crippen molar-refractivity contribution in [2.45, 2.75) is 69.6 Å². The molecule has 0 saturated carbocycles. The van der Waals surface area contributed by atoms with Gasteiger partial charge in [0.25, 0.3) is 10.1 Å². The van der Waals surface area contributed by atoms with Gasteiger partial charge < -0.3 is 9.84 Å². The normalized spacial score (nSPS) is 11.1. The SMILES string of the molecule is CCCCCCCCCCc1cc(Oc2cccc([O-])c2)cc(S(=O)(=O)O)c1.[Na+]. The van der Waals surface area contributed by atoms with Gasteiger partial charge in [-0.2, -0.15) is 8.42 Å². The first-order chi connectivity index (χ1) is 13.4. The maximum Gasteiger partial charge on any atom is 1.00 e. The number of aryl methyl sites for hydroxylation is 1. The van der Waals surface area contributed by atoms with Crippen LogP contribution >= 0.6 is 0 Å². The van der Waals surface area contributed by atoms with Crippen molar-refractivity contribution < 1.29 is 52.4 Å². The van der Waals surface area contributed by atoms with E-state index in [1.807, 2.05) is 0 Å². The largest absolute Gasteiger partial charge is 1.00 e. The molecule has 0 atom stereocenters. The van der Waals surface area contributed by atoms with E-state index in [0.717, 1.165) is 18.4 Å². The van der Waals surface area contributed by atoms with Crippen LogP contribution in [0, 0.1) is 0 Å². The quantitative estimate of drug-likeness (QED) is 0.319. The van der Waals surface area contributed by atoms with Gasteiger partial charge in [0.1, 0.15) is 11.5 Å². The summed E-state index contributed by atoms with van der Waals surface area (Å²) in [7, 11) is -4.34. The Kier molecular flexibility index (Phi) is 11.9. The molecule has 2 aromatic carbocycles. The van der Waals surface area contributed by atoms with E-state index in [4.69, 9.17) is 4.74 Å². The summed E-state index contributed by atoms with van der Waals surface area (Å²) in [5.74, 6) is 0.427. The summed E-state index contributed by atoms with van der Waals surface area (Å²) in [5, 5.41) is 11.4. The second-order valence-electron chi connectivity index (χ2n) is 7.09. The predicted molar refractivity (Wildman–Crippen MR) is 109 cm³/mol. The van der Waals surface area contributed by atoms with Crippen LogP contribution in [0.3, 0.4) is 0 Å². The zero-order chi connectivity index (χ0) is 20.4. The molecule has 2 aromatic rings. The number of unbranched alkanes of at least 4 members (excludes halogenated alkanes) is 7. The molecule has 5 nitrogen and oxygen atoms in total. The molecule has 0 unspecified atom stereocenters. The number of ether oxygens (including phenoxy) is 1. The first-order valence-electron chi connectivity index (χ1n) is 9.95. The van der Waals surface area contributed by atoms with Gasteiger partial charge in [-0.25, -0.2) is 0 Å². The van der Waals surface area contributed by atoms with Crippen molar-refractivity contribution in [2.75, 3.05) is 0 Å². The average Bonchev–Trinajstić information content (AvgIpc) is 2.63. The number of hydrogen-bond acceptors (Lipinski definition) is 4. The van der Waals surface area contributed by atoms with Crippen molar-refractivity contribution >= 4 is 10.1 Å². The number of hydrogen-bond donors (Lipinski definition) is 1. The van der Waals surface area contributed by atoms with E-state index in [9.17, 15) is 18.1 Å². The van der Waals surface area contributed by atoms with Crippen molar-refractivity contribution in [3.05, 3.63) is 48.0 Å². The van der Waals surface area contributed by atoms with Crippen LogP contribution in [-0.4, -0.2) is 13.0 Å². The van der Waals surface area contributed by atoms with Crippen LogP contribution in [0.25, 0.3) is 0 Å². The number of benzene rings is 2. The zero-order valence-corrected chi connectivity index (χ0v) is 20.2. The minimum Gasteiger partial charge on any atom is -0.872 e. The van der Waals surface area contributed by atoms with Crippen LogP contribution in [0.1, 0.15) is 63.9 Å². The Labute approximate surface area is 196 Å². The molecule has 0 heterocycles. The summed E-state index contributed by atoms with van der Waals surface area (Å²) in [6.07, 6.45) is 10.2. The molecule has 1 N–H and O–H groups in total. The first-order valence-corrected chi connectivity index (χ1v) is 11.4. The van der Waals surface area contributed by atoms with Gasteiger partial charge in [-0.1, -0.05) is 64.0 Å². The van der Waals surface area contributed by atoms with E-state index >= 15 is 0 Å². The van der Waals surface area contributed by atoms with E-state index in [-0.39, 0.29) is 46.0 Å². The van der Waals surface area contributed by atoms with Gasteiger partial charge >= 0.3 is 29.6 Å². The Morgan fingerprint density at radius 3 is 2.17 bits per heavy atom. The third-order valence-electron chi connectivity index (χ3n) is 4.60. The van der Waals surface area contributed by atoms with E-state index in [2.05, 4.69) is 6.92 Å². The molecule has 7 heteroatoms. The van der Waals surface area contributed by atoms with Crippen LogP contribution in [0.5, 0.6) is 17.2 Å². The monoisotopic (exact) mass is 428 g/mol. The van der Waals surface area contributed by atoms with Crippen LogP contribution in [0.2, 0.25) is 0 Å². The molecule has 2 rings (SSSR count). The van der Waals surface area contributed by atoms with Gasteiger partial charge in [0, 0.05) is 6.07 Å². The van der Waals surface area contributed by atoms with Crippen LogP contribution in [-0.2, 0) is 16.5 Å². The summed E-state index contributed by atoms with van der Waals surface area (Å²) in [6, 6.07) is 10.4. The number of rotatable bonds is 12. The second-order valence-corrected chi connectivity index (χ2v) is 8.51. The Morgan fingerprint density at radius 1 is 0.897 bits per heavy atom. The maximum absolute atomic E-state index is 11.6. The van der Waals surface area contributed by atoms with Gasteiger partial charge in [0.2, 0.25) is 0 Å². The fraction of sp³-hybridized carbons (Fsp3) is 0.455. The fourth-order valence-electron chi connectivity index (χ4n) is 3.12. The molecular formula is C22H29NaO5S. The molecule has 0 aromatic heterocycles. The molecular weight excluding hydrogens is 399 g/mol. The standard InChI is InChI=1S/C22H30O5S.Na/c1-2-3-4-5-6-7-8-9-11-18-14-21(17-22(15-18)28(24,25)26)27-20-13-10-12-19(23)16-20;/h10,12-17,23H,2-9,11H2,1H3,(H,24,25,26);/q;+1/p-1. The van der Waals surface area contributed by atoms with Gasteiger partial charge in [-0.3, -0.25) is 4.55 Å². The summed E-state index contributed by atoms with van der Waals surface area (Å²) in [4.78, 5) is -0.196. The molecule has 0 aliphatic rings. The third kappa shape index (κ3) is 10.0. The molecule has 0 aliphatic carbocycles. The van der Waals surface area contributed by atoms with Crippen LogP contribution in [0.15, 0.2) is 47.4 Å². The van der Waals surface area contributed by atoms with E-state index in [1.165, 1.54) is 62.8 Å². The Morgan fingerprint density at radius 2 is 1.55 bits per heavy atom. The topological polar surface area (TPSA) is 86.7 Å².